The minimum absolute atomic E-state index is 0.509. The summed E-state index contributed by atoms with van der Waals surface area (Å²) in [5.41, 5.74) is 2.88. The highest BCUT2D eigenvalue weighted by molar-refractivity contribution is 9.10. The Kier molecular flexibility index (Phi) is 5.88. The van der Waals surface area contributed by atoms with Crippen molar-refractivity contribution in [2.45, 2.75) is 39.3 Å². The molecule has 2 rings (SSSR count). The molecule has 0 amide bonds. The van der Waals surface area contributed by atoms with Gasteiger partial charge in [0.1, 0.15) is 0 Å². The van der Waals surface area contributed by atoms with Gasteiger partial charge in [0.05, 0.1) is 27.0 Å². The molecule has 6 heteroatoms. The Hall–Kier alpha value is -0.360. The summed E-state index contributed by atoms with van der Waals surface area (Å²) in [7, 11) is 0. The lowest BCUT2D eigenvalue weighted by Gasteiger charge is -2.13. The first-order valence-electron chi connectivity index (χ1n) is 6.84. The fourth-order valence-corrected chi connectivity index (χ4v) is 3.47. The normalized spacial score (nSPS) is 12.7. The zero-order chi connectivity index (χ0) is 15.6. The van der Waals surface area contributed by atoms with Crippen LogP contribution in [0.3, 0.4) is 0 Å². The van der Waals surface area contributed by atoms with Gasteiger partial charge < -0.3 is 5.11 Å². The van der Waals surface area contributed by atoms with E-state index in [4.69, 9.17) is 11.6 Å². The molecular weight excluding hydrogens is 419 g/mol. The fraction of sp³-hybridized carbons (Fsp3) is 0.400. The summed E-state index contributed by atoms with van der Waals surface area (Å²) in [5, 5.41) is 15.7. The summed E-state index contributed by atoms with van der Waals surface area (Å²) >= 11 is 13.0. The van der Waals surface area contributed by atoms with Gasteiger partial charge in [-0.05, 0) is 62.9 Å². The minimum Gasteiger partial charge on any atom is -0.388 e. The van der Waals surface area contributed by atoms with E-state index in [0.29, 0.717) is 11.4 Å². The van der Waals surface area contributed by atoms with E-state index in [2.05, 4.69) is 43.9 Å². The Morgan fingerprint density at radius 3 is 2.62 bits per heavy atom. The van der Waals surface area contributed by atoms with Gasteiger partial charge in [0.25, 0.3) is 0 Å². The van der Waals surface area contributed by atoms with Gasteiger partial charge in [-0.1, -0.05) is 24.6 Å². The van der Waals surface area contributed by atoms with E-state index in [1.54, 1.807) is 6.07 Å². The van der Waals surface area contributed by atoms with Crippen LogP contribution in [-0.2, 0) is 19.4 Å². The van der Waals surface area contributed by atoms with E-state index >= 15 is 0 Å². The molecule has 0 aliphatic heterocycles. The molecular formula is C15H17Br2ClN2O. The number of aromatic nitrogens is 2. The van der Waals surface area contributed by atoms with Gasteiger partial charge >= 0.3 is 0 Å². The van der Waals surface area contributed by atoms with Gasteiger partial charge in [0.15, 0.2) is 0 Å². The second kappa shape index (κ2) is 7.27. The minimum atomic E-state index is -0.596. The number of nitrogens with zero attached hydrogens (tertiary/aromatic N) is 2. The summed E-state index contributed by atoms with van der Waals surface area (Å²) in [5.74, 6) is 0. The van der Waals surface area contributed by atoms with Crippen LogP contribution in [0.25, 0.3) is 0 Å². The Morgan fingerprint density at radius 1 is 1.33 bits per heavy atom. The zero-order valence-corrected chi connectivity index (χ0v) is 15.8. The average molecular weight is 437 g/mol. The summed E-state index contributed by atoms with van der Waals surface area (Å²) < 4.78 is 3.73. The second-order valence-corrected chi connectivity index (χ2v) is 6.82. The molecule has 1 atom stereocenters. The van der Waals surface area contributed by atoms with Gasteiger partial charge in [0, 0.05) is 17.4 Å². The van der Waals surface area contributed by atoms with Crippen LogP contribution in [-0.4, -0.2) is 14.9 Å². The molecule has 0 radical (unpaired) electrons. The largest absolute Gasteiger partial charge is 0.388 e. The Bertz CT molecular complexity index is 643. The van der Waals surface area contributed by atoms with Crippen LogP contribution in [0.1, 0.15) is 36.9 Å². The number of aliphatic hydroxyl groups is 1. The van der Waals surface area contributed by atoms with Crippen molar-refractivity contribution in [1.82, 2.24) is 9.78 Å². The lowest BCUT2D eigenvalue weighted by atomic mass is 10.0. The van der Waals surface area contributed by atoms with Crippen molar-refractivity contribution in [3.8, 4) is 0 Å². The Labute approximate surface area is 146 Å². The summed E-state index contributed by atoms with van der Waals surface area (Å²) in [6.07, 6.45) is 0.778. The molecule has 21 heavy (non-hydrogen) atoms. The summed E-state index contributed by atoms with van der Waals surface area (Å²) in [6, 6.07) is 5.49. The highest BCUT2D eigenvalue weighted by Crippen LogP contribution is 2.30. The highest BCUT2D eigenvalue weighted by Gasteiger charge is 2.18. The van der Waals surface area contributed by atoms with Gasteiger partial charge in [0.2, 0.25) is 0 Å². The lowest BCUT2D eigenvalue weighted by Crippen LogP contribution is -2.09. The molecule has 1 aromatic heterocycles. The van der Waals surface area contributed by atoms with Gasteiger partial charge in [-0.25, -0.2) is 0 Å². The molecule has 3 nitrogen and oxygen atoms in total. The molecule has 1 N–H and O–H groups in total. The number of aryl methyl sites for hydroxylation is 2. The van der Waals surface area contributed by atoms with E-state index in [9.17, 15) is 5.11 Å². The van der Waals surface area contributed by atoms with Crippen LogP contribution in [0.4, 0.5) is 0 Å². The molecule has 0 aliphatic carbocycles. The molecule has 0 spiro atoms. The maximum atomic E-state index is 10.5. The van der Waals surface area contributed by atoms with Crippen molar-refractivity contribution in [3.63, 3.8) is 0 Å². The van der Waals surface area contributed by atoms with Gasteiger partial charge in [-0.2, -0.15) is 5.10 Å². The van der Waals surface area contributed by atoms with Crippen LogP contribution in [0.5, 0.6) is 0 Å². The SMILES string of the molecule is CCc1nn(CC)c(CC(O)c2ccc(Cl)c(Br)c2)c1Br. The molecule has 0 saturated carbocycles. The molecule has 0 aliphatic rings. The van der Waals surface area contributed by atoms with E-state index in [1.807, 2.05) is 23.7 Å². The van der Waals surface area contributed by atoms with Gasteiger partial charge in [-0.3, -0.25) is 4.68 Å². The predicted molar refractivity (Wildman–Crippen MR) is 92.8 cm³/mol. The number of hydrogen-bond acceptors (Lipinski definition) is 2. The van der Waals surface area contributed by atoms with Crippen LogP contribution < -0.4 is 0 Å². The first-order valence-corrected chi connectivity index (χ1v) is 8.81. The van der Waals surface area contributed by atoms with E-state index in [-0.39, 0.29) is 0 Å². The number of rotatable bonds is 5. The standard InChI is InChI=1S/C15H17Br2ClN2O/c1-3-12-15(17)13(20(4-2)19-12)8-14(21)9-5-6-11(18)10(16)7-9/h5-7,14,21H,3-4,8H2,1-2H3. The quantitative estimate of drug-likeness (QED) is 0.723. The highest BCUT2D eigenvalue weighted by atomic mass is 79.9. The third-order valence-electron chi connectivity index (χ3n) is 3.41. The van der Waals surface area contributed by atoms with E-state index in [1.165, 1.54) is 0 Å². The summed E-state index contributed by atoms with van der Waals surface area (Å²) in [6.45, 7) is 4.90. The molecule has 0 saturated heterocycles. The first-order chi connectivity index (χ1) is 9.97. The monoisotopic (exact) mass is 434 g/mol. The number of halogens is 3. The van der Waals surface area contributed by atoms with Crippen molar-refractivity contribution in [2.24, 2.45) is 0 Å². The predicted octanol–water partition coefficient (Wildman–Crippen LogP) is 4.92. The van der Waals surface area contributed by atoms with E-state index in [0.717, 1.165) is 38.9 Å². The topological polar surface area (TPSA) is 38.0 Å². The number of benzene rings is 1. The van der Waals surface area contributed by atoms with Crippen molar-refractivity contribution >= 4 is 43.5 Å². The number of aliphatic hydroxyl groups excluding tert-OH is 1. The Morgan fingerprint density at radius 2 is 2.05 bits per heavy atom. The maximum absolute atomic E-state index is 10.5. The molecule has 0 bridgehead atoms. The molecule has 0 fully saturated rings. The molecule has 1 aromatic carbocycles. The van der Waals surface area contributed by atoms with Crippen molar-refractivity contribution in [1.29, 1.82) is 0 Å². The Balaban J connectivity index is 2.28. The van der Waals surface area contributed by atoms with Gasteiger partial charge in [-0.15, -0.1) is 0 Å². The van der Waals surface area contributed by atoms with Crippen molar-refractivity contribution in [3.05, 3.63) is 49.1 Å². The van der Waals surface area contributed by atoms with Crippen molar-refractivity contribution in [2.75, 3.05) is 0 Å². The molecule has 1 heterocycles. The fourth-order valence-electron chi connectivity index (χ4n) is 2.23. The van der Waals surface area contributed by atoms with Crippen LogP contribution in [0.15, 0.2) is 27.1 Å². The second-order valence-electron chi connectivity index (χ2n) is 4.77. The molecule has 114 valence electrons. The van der Waals surface area contributed by atoms with Crippen LogP contribution in [0.2, 0.25) is 5.02 Å². The molecule has 2 aromatic rings. The third kappa shape index (κ3) is 3.70. The lowest BCUT2D eigenvalue weighted by molar-refractivity contribution is 0.175. The summed E-state index contributed by atoms with van der Waals surface area (Å²) in [4.78, 5) is 0. The number of hydrogen-bond donors (Lipinski definition) is 1. The van der Waals surface area contributed by atoms with Crippen molar-refractivity contribution < 1.29 is 5.11 Å². The van der Waals surface area contributed by atoms with E-state index < -0.39 is 6.10 Å². The van der Waals surface area contributed by atoms with Crippen LogP contribution in [0, 0.1) is 0 Å². The van der Waals surface area contributed by atoms with Crippen LogP contribution >= 0.6 is 43.5 Å². The molecule has 1 unspecified atom stereocenters. The zero-order valence-electron chi connectivity index (χ0n) is 11.9. The average Bonchev–Trinajstić information content (AvgIpc) is 2.78. The maximum Gasteiger partial charge on any atom is 0.0846 e. The third-order valence-corrected chi connectivity index (χ3v) is 5.54. The smallest absolute Gasteiger partial charge is 0.0846 e. The first kappa shape index (κ1) is 17.0.